The van der Waals surface area contributed by atoms with Gasteiger partial charge in [-0.15, -0.1) is 0 Å². The number of rotatable bonds is 2. The van der Waals surface area contributed by atoms with Crippen LogP contribution < -0.4 is 10.6 Å². The van der Waals surface area contributed by atoms with Gasteiger partial charge in [0.2, 0.25) is 5.91 Å². The van der Waals surface area contributed by atoms with Gasteiger partial charge in [0.15, 0.2) is 0 Å². The number of benzene rings is 1. The molecule has 0 bridgehead atoms. The van der Waals surface area contributed by atoms with Crippen molar-refractivity contribution in [3.05, 3.63) is 32.3 Å². The molecule has 0 saturated carbocycles. The monoisotopic (exact) mass is 299 g/mol. The van der Waals surface area contributed by atoms with Crippen LogP contribution in [0.4, 0.5) is 11.4 Å². The Bertz CT molecular complexity index is 504. The van der Waals surface area contributed by atoms with Crippen LogP contribution in [0.5, 0.6) is 0 Å². The molecule has 1 aromatic rings. The summed E-state index contributed by atoms with van der Waals surface area (Å²) < 4.78 is 0.644. The van der Waals surface area contributed by atoms with E-state index in [1.807, 2.05) is 0 Å². The van der Waals surface area contributed by atoms with Gasteiger partial charge in [0.25, 0.3) is 5.69 Å². The molecule has 0 unspecified atom stereocenters. The molecule has 1 aliphatic heterocycles. The summed E-state index contributed by atoms with van der Waals surface area (Å²) in [7, 11) is 0. The summed E-state index contributed by atoms with van der Waals surface area (Å²) in [5.41, 5.74) is 6.42. The van der Waals surface area contributed by atoms with Crippen LogP contribution in [-0.4, -0.2) is 23.9 Å². The lowest BCUT2D eigenvalue weighted by Gasteiger charge is -2.16. The van der Waals surface area contributed by atoms with Gasteiger partial charge < -0.3 is 10.6 Å². The number of fused-ring (bicyclic) bond motifs is 1. The van der Waals surface area contributed by atoms with Crippen LogP contribution in [0.1, 0.15) is 5.56 Å². The van der Waals surface area contributed by atoms with E-state index < -0.39 is 4.92 Å². The van der Waals surface area contributed by atoms with Gasteiger partial charge in [-0.05, 0) is 18.1 Å². The number of carbonyl (C=O) groups excluding carboxylic acids is 1. The quantitative estimate of drug-likeness (QED) is 0.656. The van der Waals surface area contributed by atoms with Crippen molar-refractivity contribution < 1.29 is 9.72 Å². The number of nitro benzene ring substituents is 1. The van der Waals surface area contributed by atoms with Gasteiger partial charge in [-0.2, -0.15) is 0 Å². The van der Waals surface area contributed by atoms with Gasteiger partial charge in [-0.25, -0.2) is 0 Å². The van der Waals surface area contributed by atoms with E-state index in [0.717, 1.165) is 5.56 Å². The zero-order valence-electron chi connectivity index (χ0n) is 8.85. The minimum absolute atomic E-state index is 0.0614. The van der Waals surface area contributed by atoms with E-state index in [2.05, 4.69) is 15.9 Å². The third-order valence-corrected chi connectivity index (χ3v) is 3.14. The maximum atomic E-state index is 11.6. The molecule has 90 valence electrons. The number of halogens is 1. The van der Waals surface area contributed by atoms with Gasteiger partial charge in [0, 0.05) is 17.1 Å². The Labute approximate surface area is 106 Å². The fourth-order valence-electron chi connectivity index (χ4n) is 1.98. The van der Waals surface area contributed by atoms with Crippen molar-refractivity contribution in [3.8, 4) is 0 Å². The highest BCUT2D eigenvalue weighted by molar-refractivity contribution is 9.10. The zero-order chi connectivity index (χ0) is 12.6. The molecule has 17 heavy (non-hydrogen) atoms. The molecule has 2 N–H and O–H groups in total. The zero-order valence-corrected chi connectivity index (χ0v) is 10.4. The van der Waals surface area contributed by atoms with Crippen molar-refractivity contribution in [2.45, 2.75) is 6.42 Å². The molecule has 1 aliphatic rings. The van der Waals surface area contributed by atoms with E-state index in [1.54, 1.807) is 6.07 Å². The summed E-state index contributed by atoms with van der Waals surface area (Å²) in [5.74, 6) is -0.297. The van der Waals surface area contributed by atoms with Gasteiger partial charge in [0.05, 0.1) is 11.5 Å². The third kappa shape index (κ3) is 2.03. The number of nitrogens with two attached hydrogens (primary N) is 1. The minimum atomic E-state index is -0.480. The number of nitrogens with zero attached hydrogens (tertiary/aromatic N) is 2. The fraction of sp³-hybridized carbons (Fsp3) is 0.300. The van der Waals surface area contributed by atoms with Gasteiger partial charge in [0.1, 0.15) is 5.69 Å². The highest BCUT2D eigenvalue weighted by atomic mass is 79.9. The number of hydrogen-bond donors (Lipinski definition) is 1. The molecule has 0 fully saturated rings. The van der Waals surface area contributed by atoms with Crippen LogP contribution in [0.15, 0.2) is 16.6 Å². The van der Waals surface area contributed by atoms with E-state index in [-0.39, 0.29) is 18.1 Å². The number of nitro groups is 1. The normalized spacial score (nSPS) is 13.6. The number of anilines is 1. The Balaban J connectivity index is 2.57. The second kappa shape index (κ2) is 4.42. The number of carbonyl (C=O) groups is 1. The predicted octanol–water partition coefficient (Wildman–Crippen LogP) is 1.21. The average molecular weight is 300 g/mol. The van der Waals surface area contributed by atoms with Crippen molar-refractivity contribution in [2.75, 3.05) is 18.0 Å². The van der Waals surface area contributed by atoms with Gasteiger partial charge in [-0.3, -0.25) is 14.9 Å². The first-order valence-electron chi connectivity index (χ1n) is 5.02. The summed E-state index contributed by atoms with van der Waals surface area (Å²) in [4.78, 5) is 23.5. The molecule has 7 heteroatoms. The first-order valence-corrected chi connectivity index (χ1v) is 5.81. The predicted molar refractivity (Wildman–Crippen MR) is 65.9 cm³/mol. The molecular weight excluding hydrogens is 290 g/mol. The standard InChI is InChI=1S/C10H10BrN3O3/c11-7-3-6-1-2-13(9(15)5-12)10(6)8(4-7)14(16)17/h3-4H,1-2,5,12H2. The second-order valence-corrected chi connectivity index (χ2v) is 4.60. The highest BCUT2D eigenvalue weighted by Crippen LogP contribution is 2.39. The van der Waals surface area contributed by atoms with Crippen LogP contribution in [0.2, 0.25) is 0 Å². The molecule has 1 aromatic carbocycles. The van der Waals surface area contributed by atoms with E-state index in [1.165, 1.54) is 11.0 Å². The molecule has 0 radical (unpaired) electrons. The van der Waals surface area contributed by atoms with Crippen molar-refractivity contribution >= 4 is 33.2 Å². The molecule has 0 aliphatic carbocycles. The van der Waals surface area contributed by atoms with Crippen LogP contribution >= 0.6 is 15.9 Å². The maximum Gasteiger partial charge on any atom is 0.294 e. The van der Waals surface area contributed by atoms with E-state index >= 15 is 0 Å². The summed E-state index contributed by atoms with van der Waals surface area (Å²) >= 11 is 3.23. The Morgan fingerprint density at radius 2 is 2.29 bits per heavy atom. The Kier molecular flexibility index (Phi) is 3.12. The van der Waals surface area contributed by atoms with Gasteiger partial charge >= 0.3 is 0 Å². The third-order valence-electron chi connectivity index (χ3n) is 2.68. The molecule has 0 saturated heterocycles. The van der Waals surface area contributed by atoms with Crippen LogP contribution in [0.3, 0.4) is 0 Å². The lowest BCUT2D eigenvalue weighted by Crippen LogP contribution is -2.34. The largest absolute Gasteiger partial charge is 0.322 e. The Morgan fingerprint density at radius 1 is 1.59 bits per heavy atom. The molecule has 2 rings (SSSR count). The Morgan fingerprint density at radius 3 is 2.88 bits per heavy atom. The van der Waals surface area contributed by atoms with E-state index in [0.29, 0.717) is 23.1 Å². The van der Waals surface area contributed by atoms with Crippen molar-refractivity contribution in [1.29, 1.82) is 0 Å². The van der Waals surface area contributed by atoms with Crippen LogP contribution in [0, 0.1) is 10.1 Å². The molecule has 6 nitrogen and oxygen atoms in total. The average Bonchev–Trinajstić information content (AvgIpc) is 2.70. The van der Waals surface area contributed by atoms with E-state index in [4.69, 9.17) is 5.73 Å². The molecule has 0 atom stereocenters. The first-order chi connectivity index (χ1) is 8.04. The number of amides is 1. The first kappa shape index (κ1) is 12.0. The second-order valence-electron chi connectivity index (χ2n) is 3.69. The van der Waals surface area contributed by atoms with Crippen molar-refractivity contribution in [1.82, 2.24) is 0 Å². The fourth-order valence-corrected chi connectivity index (χ4v) is 2.48. The lowest BCUT2D eigenvalue weighted by atomic mass is 10.1. The number of hydrogen-bond acceptors (Lipinski definition) is 4. The summed E-state index contributed by atoms with van der Waals surface area (Å²) in [6, 6.07) is 3.20. The molecule has 0 spiro atoms. The molecule has 1 amide bonds. The van der Waals surface area contributed by atoms with Crippen molar-refractivity contribution in [2.24, 2.45) is 5.73 Å². The summed E-state index contributed by atoms with van der Waals surface area (Å²) in [6.45, 7) is 0.301. The van der Waals surface area contributed by atoms with Crippen LogP contribution in [-0.2, 0) is 11.2 Å². The Hall–Kier alpha value is -1.47. The smallest absolute Gasteiger partial charge is 0.294 e. The minimum Gasteiger partial charge on any atom is -0.322 e. The van der Waals surface area contributed by atoms with Gasteiger partial charge in [-0.1, -0.05) is 15.9 Å². The highest BCUT2D eigenvalue weighted by Gasteiger charge is 2.32. The molecule has 0 aromatic heterocycles. The molecule has 1 heterocycles. The van der Waals surface area contributed by atoms with Crippen LogP contribution in [0.25, 0.3) is 0 Å². The SMILES string of the molecule is NCC(=O)N1CCc2cc(Br)cc([N+](=O)[O-])c21. The topological polar surface area (TPSA) is 89.5 Å². The van der Waals surface area contributed by atoms with E-state index in [9.17, 15) is 14.9 Å². The molecular formula is C10H10BrN3O3. The van der Waals surface area contributed by atoms with Crippen molar-refractivity contribution in [3.63, 3.8) is 0 Å². The lowest BCUT2D eigenvalue weighted by molar-refractivity contribution is -0.384. The summed E-state index contributed by atoms with van der Waals surface area (Å²) in [6.07, 6.45) is 0.612. The summed E-state index contributed by atoms with van der Waals surface area (Å²) in [5, 5.41) is 11.0. The maximum absolute atomic E-state index is 11.6.